The van der Waals surface area contributed by atoms with Crippen LogP contribution in [0.4, 0.5) is 0 Å². The van der Waals surface area contributed by atoms with E-state index in [1.807, 2.05) is 6.08 Å². The Kier molecular flexibility index (Phi) is 5.02. The molecule has 0 fully saturated rings. The van der Waals surface area contributed by atoms with E-state index in [4.69, 9.17) is 0 Å². The van der Waals surface area contributed by atoms with Gasteiger partial charge in [-0.05, 0) is 24.4 Å². The van der Waals surface area contributed by atoms with Gasteiger partial charge in [-0.2, -0.15) is 0 Å². The minimum Gasteiger partial charge on any atom is -0.313 e. The third-order valence-corrected chi connectivity index (χ3v) is 2.21. The predicted octanol–water partition coefficient (Wildman–Crippen LogP) is 2.64. The van der Waals surface area contributed by atoms with E-state index in [0.717, 1.165) is 19.5 Å². The second-order valence-electron chi connectivity index (χ2n) is 3.74. The van der Waals surface area contributed by atoms with Gasteiger partial charge in [0.1, 0.15) is 0 Å². The number of benzene rings is 1. The summed E-state index contributed by atoms with van der Waals surface area (Å²) >= 11 is 0. The second-order valence-corrected chi connectivity index (χ2v) is 3.74. The van der Waals surface area contributed by atoms with Gasteiger partial charge in [-0.3, -0.25) is 0 Å². The van der Waals surface area contributed by atoms with E-state index in [0.29, 0.717) is 5.92 Å². The highest BCUT2D eigenvalue weighted by molar-refractivity contribution is 5.15. The quantitative estimate of drug-likeness (QED) is 0.536. The molecule has 0 radical (unpaired) electrons. The molecule has 1 rings (SSSR count). The molecular formula is C13H19N. The Balaban J connectivity index is 2.26. The predicted molar refractivity (Wildman–Crippen MR) is 62.4 cm³/mol. The van der Waals surface area contributed by atoms with Crippen LogP contribution in [0.5, 0.6) is 0 Å². The highest BCUT2D eigenvalue weighted by Gasteiger charge is 2.01. The zero-order valence-electron chi connectivity index (χ0n) is 8.87. The molecule has 0 unspecified atom stereocenters. The normalized spacial score (nSPS) is 12.4. The van der Waals surface area contributed by atoms with Crippen LogP contribution in [0.15, 0.2) is 43.0 Å². The smallest absolute Gasteiger partial charge is 0.0132 e. The summed E-state index contributed by atoms with van der Waals surface area (Å²) in [5, 5.41) is 3.34. The Bertz CT molecular complexity index is 253. The van der Waals surface area contributed by atoms with Gasteiger partial charge in [-0.1, -0.05) is 43.3 Å². The SMILES string of the molecule is C=CCNC[C@@H](C)Cc1ccccc1. The van der Waals surface area contributed by atoms with Crippen molar-refractivity contribution in [1.82, 2.24) is 5.32 Å². The molecule has 0 amide bonds. The average molecular weight is 189 g/mol. The Labute approximate surface area is 86.8 Å². The van der Waals surface area contributed by atoms with E-state index < -0.39 is 0 Å². The Morgan fingerprint density at radius 1 is 1.36 bits per heavy atom. The molecule has 1 aromatic rings. The summed E-state index contributed by atoms with van der Waals surface area (Å²) in [6, 6.07) is 10.6. The molecule has 1 heteroatoms. The summed E-state index contributed by atoms with van der Waals surface area (Å²) in [4.78, 5) is 0. The van der Waals surface area contributed by atoms with E-state index >= 15 is 0 Å². The van der Waals surface area contributed by atoms with Crippen LogP contribution in [-0.2, 0) is 6.42 Å². The Morgan fingerprint density at radius 3 is 2.71 bits per heavy atom. The van der Waals surface area contributed by atoms with E-state index in [2.05, 4.69) is 49.2 Å². The fraction of sp³-hybridized carbons (Fsp3) is 0.385. The van der Waals surface area contributed by atoms with Crippen molar-refractivity contribution in [2.75, 3.05) is 13.1 Å². The number of hydrogen-bond acceptors (Lipinski definition) is 1. The van der Waals surface area contributed by atoms with Crippen LogP contribution in [0.1, 0.15) is 12.5 Å². The van der Waals surface area contributed by atoms with E-state index in [1.165, 1.54) is 5.56 Å². The molecule has 0 bridgehead atoms. The fourth-order valence-electron chi connectivity index (χ4n) is 1.52. The van der Waals surface area contributed by atoms with Gasteiger partial charge in [-0.25, -0.2) is 0 Å². The molecule has 14 heavy (non-hydrogen) atoms. The van der Waals surface area contributed by atoms with Crippen LogP contribution in [-0.4, -0.2) is 13.1 Å². The molecule has 1 nitrogen and oxygen atoms in total. The molecule has 1 atom stereocenters. The molecule has 0 aromatic heterocycles. The number of hydrogen-bond donors (Lipinski definition) is 1. The zero-order valence-corrected chi connectivity index (χ0v) is 8.87. The lowest BCUT2D eigenvalue weighted by Gasteiger charge is -2.11. The largest absolute Gasteiger partial charge is 0.313 e. The highest BCUT2D eigenvalue weighted by atomic mass is 14.8. The molecule has 1 aromatic carbocycles. The maximum atomic E-state index is 3.68. The molecule has 0 saturated carbocycles. The zero-order chi connectivity index (χ0) is 10.2. The molecule has 0 aliphatic heterocycles. The first kappa shape index (κ1) is 11.0. The molecule has 0 spiro atoms. The summed E-state index contributed by atoms with van der Waals surface area (Å²) < 4.78 is 0. The summed E-state index contributed by atoms with van der Waals surface area (Å²) in [5.74, 6) is 0.678. The van der Waals surface area contributed by atoms with Gasteiger partial charge in [0.25, 0.3) is 0 Å². The van der Waals surface area contributed by atoms with E-state index in [1.54, 1.807) is 0 Å². The highest BCUT2D eigenvalue weighted by Crippen LogP contribution is 2.06. The van der Waals surface area contributed by atoms with Crippen molar-refractivity contribution in [1.29, 1.82) is 0 Å². The molecule has 1 N–H and O–H groups in total. The topological polar surface area (TPSA) is 12.0 Å². The van der Waals surface area contributed by atoms with E-state index in [-0.39, 0.29) is 0 Å². The maximum Gasteiger partial charge on any atom is 0.0132 e. The van der Waals surface area contributed by atoms with Crippen molar-refractivity contribution < 1.29 is 0 Å². The minimum absolute atomic E-state index is 0.678. The lowest BCUT2D eigenvalue weighted by Crippen LogP contribution is -2.22. The molecule has 0 aliphatic rings. The van der Waals surface area contributed by atoms with Crippen LogP contribution in [0, 0.1) is 5.92 Å². The van der Waals surface area contributed by atoms with Gasteiger partial charge in [0, 0.05) is 6.54 Å². The standard InChI is InChI=1S/C13H19N/c1-3-9-14-11-12(2)10-13-7-5-4-6-8-13/h3-8,12,14H,1,9-11H2,2H3/t12-/m0/s1. The monoisotopic (exact) mass is 189 g/mol. The van der Waals surface area contributed by atoms with Crippen LogP contribution < -0.4 is 5.32 Å². The van der Waals surface area contributed by atoms with Gasteiger partial charge >= 0.3 is 0 Å². The van der Waals surface area contributed by atoms with Crippen molar-refractivity contribution in [2.45, 2.75) is 13.3 Å². The number of rotatable bonds is 6. The van der Waals surface area contributed by atoms with Crippen LogP contribution in [0.2, 0.25) is 0 Å². The van der Waals surface area contributed by atoms with Gasteiger partial charge < -0.3 is 5.32 Å². The third-order valence-electron chi connectivity index (χ3n) is 2.21. The van der Waals surface area contributed by atoms with Crippen molar-refractivity contribution >= 4 is 0 Å². The van der Waals surface area contributed by atoms with Gasteiger partial charge in [0.05, 0.1) is 0 Å². The summed E-state index contributed by atoms with van der Waals surface area (Å²) in [7, 11) is 0. The first-order valence-corrected chi connectivity index (χ1v) is 5.18. The van der Waals surface area contributed by atoms with Crippen LogP contribution in [0.25, 0.3) is 0 Å². The van der Waals surface area contributed by atoms with Crippen molar-refractivity contribution in [3.8, 4) is 0 Å². The first-order chi connectivity index (χ1) is 6.83. The lowest BCUT2D eigenvalue weighted by molar-refractivity contribution is 0.529. The summed E-state index contributed by atoms with van der Waals surface area (Å²) in [5.41, 5.74) is 1.42. The first-order valence-electron chi connectivity index (χ1n) is 5.18. The van der Waals surface area contributed by atoms with Gasteiger partial charge in [0.2, 0.25) is 0 Å². The molecular weight excluding hydrogens is 170 g/mol. The maximum absolute atomic E-state index is 3.68. The second kappa shape index (κ2) is 6.39. The summed E-state index contributed by atoms with van der Waals surface area (Å²) in [6.07, 6.45) is 3.04. The van der Waals surface area contributed by atoms with Crippen molar-refractivity contribution in [3.63, 3.8) is 0 Å². The van der Waals surface area contributed by atoms with Crippen molar-refractivity contribution in [3.05, 3.63) is 48.6 Å². The summed E-state index contributed by atoms with van der Waals surface area (Å²) in [6.45, 7) is 7.90. The third kappa shape index (κ3) is 4.24. The Hall–Kier alpha value is -1.08. The van der Waals surface area contributed by atoms with Crippen LogP contribution >= 0.6 is 0 Å². The lowest BCUT2D eigenvalue weighted by atomic mass is 10.0. The molecule has 0 saturated heterocycles. The molecule has 0 aliphatic carbocycles. The minimum atomic E-state index is 0.678. The molecule has 76 valence electrons. The van der Waals surface area contributed by atoms with E-state index in [9.17, 15) is 0 Å². The number of nitrogens with one attached hydrogen (secondary N) is 1. The van der Waals surface area contributed by atoms with Gasteiger partial charge in [-0.15, -0.1) is 6.58 Å². The van der Waals surface area contributed by atoms with Crippen molar-refractivity contribution in [2.24, 2.45) is 5.92 Å². The average Bonchev–Trinajstić information content (AvgIpc) is 2.20. The van der Waals surface area contributed by atoms with Crippen LogP contribution in [0.3, 0.4) is 0 Å². The molecule has 0 heterocycles. The Morgan fingerprint density at radius 2 is 2.07 bits per heavy atom. The fourth-order valence-corrected chi connectivity index (χ4v) is 1.52. The van der Waals surface area contributed by atoms with Gasteiger partial charge in [0.15, 0.2) is 0 Å².